The highest BCUT2D eigenvalue weighted by Crippen LogP contribution is 2.22. The minimum atomic E-state index is -3.40. The minimum Gasteiger partial charge on any atom is -0.322 e. The Balaban J connectivity index is 1.56. The monoisotopic (exact) mass is 417 g/mol. The molecule has 6 nitrogen and oxygen atoms in total. The number of carbonyl (C=O) groups excluding carboxylic acids is 1. The van der Waals surface area contributed by atoms with Crippen molar-refractivity contribution in [2.75, 3.05) is 11.1 Å². The average Bonchev–Trinajstić information content (AvgIpc) is 2.79. The lowest BCUT2D eigenvalue weighted by molar-refractivity contribution is 0.102. The molecule has 4 aromatic rings. The molecule has 1 amide bonds. The summed E-state index contributed by atoms with van der Waals surface area (Å²) in [6.07, 6.45) is 0. The molecule has 0 bridgehead atoms. The van der Waals surface area contributed by atoms with Crippen molar-refractivity contribution < 1.29 is 13.2 Å². The number of nitrogens with zero attached hydrogens (tertiary/aromatic N) is 2. The third kappa shape index (κ3) is 4.06. The fourth-order valence-corrected chi connectivity index (χ4v) is 3.81. The first kappa shape index (κ1) is 19.7. The number of anilines is 1. The third-order valence-electron chi connectivity index (χ3n) is 4.77. The van der Waals surface area contributed by atoms with Crippen LogP contribution < -0.4 is 5.32 Å². The Labute approximate surface area is 174 Å². The maximum Gasteiger partial charge on any atom is 0.255 e. The Kier molecular flexibility index (Phi) is 5.29. The Morgan fingerprint density at radius 2 is 1.67 bits per heavy atom. The van der Waals surface area contributed by atoms with Crippen molar-refractivity contribution >= 4 is 32.2 Å². The molecule has 0 radical (unpaired) electrons. The molecule has 30 heavy (non-hydrogen) atoms. The molecular formula is C23H19N3O3S. The molecule has 0 aliphatic rings. The van der Waals surface area contributed by atoms with Gasteiger partial charge in [-0.1, -0.05) is 49.4 Å². The molecule has 7 heteroatoms. The summed E-state index contributed by atoms with van der Waals surface area (Å²) >= 11 is 0. The zero-order valence-corrected chi connectivity index (χ0v) is 17.1. The first-order valence-corrected chi connectivity index (χ1v) is 11.1. The fraction of sp³-hybridized carbons (Fsp3) is 0.0870. The zero-order valence-electron chi connectivity index (χ0n) is 16.2. The molecule has 150 valence electrons. The van der Waals surface area contributed by atoms with Crippen LogP contribution in [0.1, 0.15) is 17.3 Å². The van der Waals surface area contributed by atoms with Crippen LogP contribution in [0.2, 0.25) is 0 Å². The maximum absolute atomic E-state index is 12.7. The van der Waals surface area contributed by atoms with Gasteiger partial charge in [-0.05, 0) is 47.2 Å². The van der Waals surface area contributed by atoms with Crippen molar-refractivity contribution in [3.63, 3.8) is 0 Å². The maximum atomic E-state index is 12.7. The average molecular weight is 417 g/mol. The van der Waals surface area contributed by atoms with Crippen molar-refractivity contribution in [2.24, 2.45) is 0 Å². The van der Waals surface area contributed by atoms with E-state index < -0.39 is 9.84 Å². The summed E-state index contributed by atoms with van der Waals surface area (Å²) in [5.41, 5.74) is 2.41. The number of amides is 1. The SMILES string of the molecule is CCS(=O)(=O)c1ccc(-c2cccc(NC(=O)c3ccc4ccccc4c3)c2)nn1. The van der Waals surface area contributed by atoms with Crippen LogP contribution in [0.4, 0.5) is 5.69 Å². The summed E-state index contributed by atoms with van der Waals surface area (Å²) in [7, 11) is -3.40. The predicted molar refractivity (Wildman–Crippen MR) is 117 cm³/mol. The van der Waals surface area contributed by atoms with Gasteiger partial charge in [0, 0.05) is 16.8 Å². The van der Waals surface area contributed by atoms with Crippen LogP contribution in [-0.4, -0.2) is 30.3 Å². The van der Waals surface area contributed by atoms with Crippen LogP contribution in [0.15, 0.2) is 83.9 Å². The standard InChI is InChI=1S/C23H19N3O3S/c1-2-30(28,29)22-13-12-21(25-26-22)18-8-5-9-20(15-18)24-23(27)19-11-10-16-6-3-4-7-17(16)14-19/h3-15H,2H2,1H3,(H,24,27). The lowest BCUT2D eigenvalue weighted by atomic mass is 10.1. The quantitative estimate of drug-likeness (QED) is 0.522. The van der Waals surface area contributed by atoms with Gasteiger partial charge in [0.25, 0.3) is 5.91 Å². The van der Waals surface area contributed by atoms with Gasteiger partial charge < -0.3 is 5.32 Å². The zero-order chi connectivity index (χ0) is 21.1. The van der Waals surface area contributed by atoms with Crippen molar-refractivity contribution in [3.05, 3.63) is 84.4 Å². The third-order valence-corrected chi connectivity index (χ3v) is 6.38. The van der Waals surface area contributed by atoms with Gasteiger partial charge in [-0.15, -0.1) is 10.2 Å². The smallest absolute Gasteiger partial charge is 0.255 e. The molecule has 1 N–H and O–H groups in total. The number of rotatable bonds is 5. The fourth-order valence-electron chi connectivity index (χ4n) is 3.08. The summed E-state index contributed by atoms with van der Waals surface area (Å²) in [5.74, 6) is -0.245. The number of fused-ring (bicyclic) bond motifs is 1. The molecule has 0 aliphatic carbocycles. The summed E-state index contributed by atoms with van der Waals surface area (Å²) in [4.78, 5) is 12.7. The van der Waals surface area contributed by atoms with Crippen molar-refractivity contribution in [2.45, 2.75) is 11.9 Å². The van der Waals surface area contributed by atoms with Gasteiger partial charge in [-0.3, -0.25) is 4.79 Å². The molecule has 1 aromatic heterocycles. The Morgan fingerprint density at radius 3 is 2.40 bits per heavy atom. The molecule has 0 atom stereocenters. The number of nitrogens with one attached hydrogen (secondary N) is 1. The minimum absolute atomic E-state index is 0.0304. The summed E-state index contributed by atoms with van der Waals surface area (Å²) in [6.45, 7) is 1.56. The molecule has 0 aliphatic heterocycles. The molecule has 0 fully saturated rings. The van der Waals surface area contributed by atoms with E-state index in [0.717, 1.165) is 16.3 Å². The van der Waals surface area contributed by atoms with E-state index in [0.29, 0.717) is 16.9 Å². The van der Waals surface area contributed by atoms with Crippen molar-refractivity contribution in [3.8, 4) is 11.3 Å². The van der Waals surface area contributed by atoms with Gasteiger partial charge >= 0.3 is 0 Å². The van der Waals surface area contributed by atoms with Crippen LogP contribution in [-0.2, 0) is 9.84 Å². The van der Waals surface area contributed by atoms with Crippen LogP contribution in [0.3, 0.4) is 0 Å². The van der Waals surface area contributed by atoms with Gasteiger partial charge in [-0.25, -0.2) is 8.42 Å². The molecule has 0 saturated heterocycles. The van der Waals surface area contributed by atoms with Crippen LogP contribution in [0, 0.1) is 0 Å². The lowest BCUT2D eigenvalue weighted by Gasteiger charge is -2.08. The highest BCUT2D eigenvalue weighted by atomic mass is 32.2. The van der Waals surface area contributed by atoms with E-state index in [2.05, 4.69) is 15.5 Å². The number of sulfone groups is 1. The van der Waals surface area contributed by atoms with E-state index in [1.165, 1.54) is 6.07 Å². The highest BCUT2D eigenvalue weighted by Gasteiger charge is 2.14. The van der Waals surface area contributed by atoms with Crippen molar-refractivity contribution in [1.82, 2.24) is 10.2 Å². The second-order valence-corrected chi connectivity index (χ2v) is 8.98. The molecule has 3 aromatic carbocycles. The lowest BCUT2D eigenvalue weighted by Crippen LogP contribution is -2.11. The van der Waals surface area contributed by atoms with E-state index in [4.69, 9.17) is 0 Å². The molecule has 0 saturated carbocycles. The predicted octanol–water partition coefficient (Wildman–Crippen LogP) is 4.34. The number of carbonyl (C=O) groups is 1. The number of hydrogen-bond donors (Lipinski definition) is 1. The normalized spacial score (nSPS) is 11.4. The number of benzene rings is 3. The van der Waals surface area contributed by atoms with Gasteiger partial charge in [0.15, 0.2) is 14.9 Å². The van der Waals surface area contributed by atoms with E-state index in [1.54, 1.807) is 37.3 Å². The summed E-state index contributed by atoms with van der Waals surface area (Å²) in [6, 6.07) is 23.7. The second-order valence-electron chi connectivity index (χ2n) is 6.76. The second kappa shape index (κ2) is 8.04. The van der Waals surface area contributed by atoms with E-state index in [9.17, 15) is 13.2 Å². The van der Waals surface area contributed by atoms with E-state index >= 15 is 0 Å². The number of hydrogen-bond acceptors (Lipinski definition) is 5. The molecule has 1 heterocycles. The van der Waals surface area contributed by atoms with Crippen LogP contribution >= 0.6 is 0 Å². The Hall–Kier alpha value is -3.58. The summed E-state index contributed by atoms with van der Waals surface area (Å²) < 4.78 is 23.8. The molecule has 4 rings (SSSR count). The van der Waals surface area contributed by atoms with Gasteiger partial charge in [0.2, 0.25) is 0 Å². The molecule has 0 spiro atoms. The highest BCUT2D eigenvalue weighted by molar-refractivity contribution is 7.91. The first-order valence-electron chi connectivity index (χ1n) is 9.43. The van der Waals surface area contributed by atoms with Crippen LogP contribution in [0.5, 0.6) is 0 Å². The number of aromatic nitrogens is 2. The van der Waals surface area contributed by atoms with Gasteiger partial charge in [0.1, 0.15) is 0 Å². The van der Waals surface area contributed by atoms with Crippen LogP contribution in [0.25, 0.3) is 22.0 Å². The molecular weight excluding hydrogens is 398 g/mol. The van der Waals surface area contributed by atoms with Gasteiger partial charge in [-0.2, -0.15) is 0 Å². The Morgan fingerprint density at radius 1 is 0.867 bits per heavy atom. The summed E-state index contributed by atoms with van der Waals surface area (Å²) in [5, 5.41) is 12.8. The van der Waals surface area contributed by atoms with Gasteiger partial charge in [0.05, 0.1) is 11.4 Å². The van der Waals surface area contributed by atoms with Crippen molar-refractivity contribution in [1.29, 1.82) is 0 Å². The first-order chi connectivity index (χ1) is 14.5. The topological polar surface area (TPSA) is 89.0 Å². The van der Waals surface area contributed by atoms with E-state index in [1.807, 2.05) is 42.5 Å². The van der Waals surface area contributed by atoms with E-state index in [-0.39, 0.29) is 16.7 Å². The Bertz CT molecular complexity index is 1330. The molecule has 0 unspecified atom stereocenters. The largest absolute Gasteiger partial charge is 0.322 e.